The highest BCUT2D eigenvalue weighted by Crippen LogP contribution is 2.57. The summed E-state index contributed by atoms with van der Waals surface area (Å²) in [7, 11) is 1.52. The fourth-order valence-corrected chi connectivity index (χ4v) is 7.31. The predicted molar refractivity (Wildman–Crippen MR) is 128 cm³/mol. The molecular weight excluding hydrogens is 422 g/mol. The van der Waals surface area contributed by atoms with Gasteiger partial charge in [-0.05, 0) is 91.8 Å². The number of rotatable bonds is 4. The van der Waals surface area contributed by atoms with Crippen LogP contribution >= 0.6 is 11.6 Å². The van der Waals surface area contributed by atoms with Crippen LogP contribution < -0.4 is 15.8 Å². The third-order valence-electron chi connectivity index (χ3n) is 7.83. The van der Waals surface area contributed by atoms with Crippen LogP contribution in [0.25, 0.3) is 22.0 Å². The average Bonchev–Trinajstić information content (AvgIpc) is 2.73. The van der Waals surface area contributed by atoms with Crippen molar-refractivity contribution in [3.63, 3.8) is 0 Å². The number of phenolic OH excluding ortho intramolecular Hbond substituents is 1. The van der Waals surface area contributed by atoms with Crippen LogP contribution in [0.4, 0.5) is 5.69 Å². The first-order valence-corrected chi connectivity index (χ1v) is 11.8. The number of benzene rings is 2. The topological polar surface area (TPSA) is 80.4 Å². The Labute approximate surface area is 192 Å². The zero-order valence-electron chi connectivity index (χ0n) is 18.2. The fourth-order valence-electron chi connectivity index (χ4n) is 7.10. The van der Waals surface area contributed by atoms with Gasteiger partial charge >= 0.3 is 0 Å². The first-order chi connectivity index (χ1) is 15.4. The number of pyridine rings is 1. The summed E-state index contributed by atoms with van der Waals surface area (Å²) < 4.78 is 5.30. The number of aromatic nitrogens is 1. The van der Waals surface area contributed by atoms with E-state index in [1.807, 2.05) is 24.4 Å². The molecule has 4 fully saturated rings. The van der Waals surface area contributed by atoms with Gasteiger partial charge in [0.05, 0.1) is 17.6 Å². The molecule has 3 aromatic rings. The number of halogens is 1. The second-order valence-corrected chi connectivity index (χ2v) is 10.7. The van der Waals surface area contributed by atoms with E-state index in [4.69, 9.17) is 22.1 Å². The Kier molecular flexibility index (Phi) is 4.40. The maximum Gasteiger partial charge on any atom is 0.176 e. The number of nitrogens with zero attached hydrogens (tertiary/aromatic N) is 1. The molecule has 2 aromatic carbocycles. The molecule has 5 nitrogen and oxygen atoms in total. The standard InChI is InChI=1S/C26H28ClN3O2/c1-32-23-9-18(8-20(27)24(23)31)17-2-3-21-19(7-17)22(4-5-29-21)30-26-12-15-6-16(13-26)11-25(28,10-15)14-26/h2-5,7-9,15-16,31H,6,10-14,28H2,1H3,(H,29,30). The normalized spacial score (nSPS) is 30.6. The lowest BCUT2D eigenvalue weighted by Crippen LogP contribution is -2.65. The third-order valence-corrected chi connectivity index (χ3v) is 8.12. The molecule has 2 unspecified atom stereocenters. The van der Waals surface area contributed by atoms with Crippen molar-refractivity contribution in [3.05, 3.63) is 47.6 Å². The van der Waals surface area contributed by atoms with Gasteiger partial charge in [-0.2, -0.15) is 0 Å². The molecule has 4 aliphatic carbocycles. The van der Waals surface area contributed by atoms with Crippen molar-refractivity contribution < 1.29 is 9.84 Å². The molecule has 166 valence electrons. The Morgan fingerprint density at radius 3 is 2.59 bits per heavy atom. The van der Waals surface area contributed by atoms with Crippen molar-refractivity contribution in [3.8, 4) is 22.6 Å². The van der Waals surface area contributed by atoms with E-state index in [0.29, 0.717) is 5.75 Å². The van der Waals surface area contributed by atoms with Crippen LogP contribution in [0.5, 0.6) is 11.5 Å². The van der Waals surface area contributed by atoms with Crippen LogP contribution in [-0.2, 0) is 0 Å². The molecule has 1 heterocycles. The number of hydrogen-bond acceptors (Lipinski definition) is 5. The first kappa shape index (κ1) is 20.1. The van der Waals surface area contributed by atoms with E-state index in [1.54, 1.807) is 6.07 Å². The minimum atomic E-state index is -0.0414. The minimum Gasteiger partial charge on any atom is -0.503 e. The molecule has 2 atom stereocenters. The van der Waals surface area contributed by atoms with Gasteiger partial charge < -0.3 is 20.9 Å². The Morgan fingerprint density at radius 2 is 1.88 bits per heavy atom. The van der Waals surface area contributed by atoms with Crippen molar-refractivity contribution in [1.82, 2.24) is 4.98 Å². The van der Waals surface area contributed by atoms with Gasteiger partial charge in [0.1, 0.15) is 0 Å². The minimum absolute atomic E-state index is 0.00950. The maximum atomic E-state index is 10.1. The monoisotopic (exact) mass is 449 g/mol. The number of aromatic hydroxyl groups is 1. The van der Waals surface area contributed by atoms with Crippen LogP contribution in [0.1, 0.15) is 38.5 Å². The first-order valence-electron chi connectivity index (χ1n) is 11.4. The molecule has 0 spiro atoms. The Balaban J connectivity index is 1.41. The van der Waals surface area contributed by atoms with Crippen molar-refractivity contribution in [2.45, 2.75) is 49.6 Å². The van der Waals surface area contributed by atoms with Crippen molar-refractivity contribution in [2.75, 3.05) is 12.4 Å². The lowest BCUT2D eigenvalue weighted by atomic mass is 9.50. The van der Waals surface area contributed by atoms with Crippen LogP contribution in [-0.4, -0.2) is 28.3 Å². The summed E-state index contributed by atoms with van der Waals surface area (Å²) in [5, 5.41) is 15.4. The SMILES string of the molecule is COc1cc(-c2ccc3nccc(NC45CC6CC(CC(N)(C6)C4)C5)c3c2)cc(Cl)c1O. The number of methoxy groups -OCH3 is 1. The maximum absolute atomic E-state index is 10.1. The number of anilines is 1. The molecule has 0 amide bonds. The van der Waals surface area contributed by atoms with Crippen molar-refractivity contribution >= 4 is 28.2 Å². The van der Waals surface area contributed by atoms with E-state index in [1.165, 1.54) is 39.2 Å². The molecule has 1 aromatic heterocycles. The molecular formula is C26H28ClN3O2. The largest absolute Gasteiger partial charge is 0.503 e. The Bertz CT molecular complexity index is 1210. The number of nitrogens with one attached hydrogen (secondary N) is 1. The van der Waals surface area contributed by atoms with E-state index < -0.39 is 0 Å². The zero-order valence-corrected chi connectivity index (χ0v) is 19.0. The summed E-state index contributed by atoms with van der Waals surface area (Å²) >= 11 is 6.25. The van der Waals surface area contributed by atoms with Crippen LogP contribution in [0.15, 0.2) is 42.6 Å². The Morgan fingerprint density at radius 1 is 1.09 bits per heavy atom. The molecule has 0 aliphatic heterocycles. The van der Waals surface area contributed by atoms with Crippen LogP contribution in [0.3, 0.4) is 0 Å². The van der Waals surface area contributed by atoms with E-state index in [-0.39, 0.29) is 21.8 Å². The van der Waals surface area contributed by atoms with Crippen LogP contribution in [0, 0.1) is 11.8 Å². The Hall–Kier alpha value is -2.50. The van der Waals surface area contributed by atoms with Gasteiger partial charge in [-0.15, -0.1) is 0 Å². The van der Waals surface area contributed by atoms with Crippen LogP contribution in [0.2, 0.25) is 5.02 Å². The summed E-state index contributed by atoms with van der Waals surface area (Å²) in [5.41, 5.74) is 10.8. The number of nitrogens with two attached hydrogens (primary N) is 1. The van der Waals surface area contributed by atoms with Gasteiger partial charge in [-0.25, -0.2) is 0 Å². The van der Waals surface area contributed by atoms with Crippen molar-refractivity contribution in [1.29, 1.82) is 0 Å². The summed E-state index contributed by atoms with van der Waals surface area (Å²) in [6, 6.07) is 11.9. The lowest BCUT2D eigenvalue weighted by Gasteiger charge is -2.61. The molecule has 7 rings (SSSR count). The smallest absolute Gasteiger partial charge is 0.176 e. The highest BCUT2D eigenvalue weighted by molar-refractivity contribution is 6.32. The average molecular weight is 450 g/mol. The highest BCUT2D eigenvalue weighted by atomic mass is 35.5. The molecule has 4 bridgehead atoms. The van der Waals surface area contributed by atoms with E-state index in [9.17, 15) is 5.11 Å². The molecule has 4 aliphatic rings. The van der Waals surface area contributed by atoms with E-state index in [0.717, 1.165) is 46.0 Å². The lowest BCUT2D eigenvalue weighted by molar-refractivity contribution is -0.00770. The fraction of sp³-hybridized carbons (Fsp3) is 0.423. The van der Waals surface area contributed by atoms with Crippen molar-refractivity contribution in [2.24, 2.45) is 17.6 Å². The van der Waals surface area contributed by atoms with Gasteiger partial charge in [-0.3, -0.25) is 4.98 Å². The molecule has 4 saturated carbocycles. The molecule has 0 radical (unpaired) electrons. The van der Waals surface area contributed by atoms with E-state index >= 15 is 0 Å². The molecule has 32 heavy (non-hydrogen) atoms. The molecule has 4 N–H and O–H groups in total. The predicted octanol–water partition coefficient (Wildman–Crippen LogP) is 5.73. The number of ether oxygens (including phenoxy) is 1. The van der Waals surface area contributed by atoms with Gasteiger partial charge in [0.15, 0.2) is 11.5 Å². The summed E-state index contributed by atoms with van der Waals surface area (Å²) in [5.74, 6) is 1.80. The number of phenols is 1. The number of hydrogen-bond donors (Lipinski definition) is 3. The molecule has 0 saturated heterocycles. The summed E-state index contributed by atoms with van der Waals surface area (Å²) in [6.45, 7) is 0. The van der Waals surface area contributed by atoms with Gasteiger partial charge in [0.2, 0.25) is 0 Å². The van der Waals surface area contributed by atoms with Gasteiger partial charge in [0, 0.05) is 28.3 Å². The quantitative estimate of drug-likeness (QED) is 0.473. The van der Waals surface area contributed by atoms with Gasteiger partial charge in [-0.1, -0.05) is 17.7 Å². The summed E-state index contributed by atoms with van der Waals surface area (Å²) in [4.78, 5) is 4.59. The third kappa shape index (κ3) is 3.22. The second kappa shape index (κ2) is 7.00. The highest BCUT2D eigenvalue weighted by Gasteiger charge is 2.56. The number of fused-ring (bicyclic) bond motifs is 1. The zero-order chi connectivity index (χ0) is 22.1. The second-order valence-electron chi connectivity index (χ2n) is 10.3. The molecule has 6 heteroatoms. The summed E-state index contributed by atoms with van der Waals surface area (Å²) in [6.07, 6.45) is 9.03. The van der Waals surface area contributed by atoms with Gasteiger partial charge in [0.25, 0.3) is 0 Å². The van der Waals surface area contributed by atoms with E-state index in [2.05, 4.69) is 22.4 Å².